The molecule has 138 valence electrons. The number of guanidine groups is 1. The van der Waals surface area contributed by atoms with Crippen molar-refractivity contribution < 1.29 is 8.42 Å². The Bertz CT molecular complexity index is 971. The van der Waals surface area contributed by atoms with Crippen molar-refractivity contribution in [3.8, 4) is 0 Å². The Kier molecular flexibility index (Phi) is 4.86. The first kappa shape index (κ1) is 18.2. The Morgan fingerprint density at radius 2 is 1.92 bits per heavy atom. The van der Waals surface area contributed by atoms with Crippen LogP contribution >= 0.6 is 0 Å². The molecule has 0 radical (unpaired) electrons. The van der Waals surface area contributed by atoms with Crippen molar-refractivity contribution in [2.75, 3.05) is 6.26 Å². The van der Waals surface area contributed by atoms with Crippen LogP contribution in [-0.4, -0.2) is 30.3 Å². The zero-order valence-corrected chi connectivity index (χ0v) is 15.7. The number of rotatable bonds is 4. The highest BCUT2D eigenvalue weighted by molar-refractivity contribution is 7.89. The van der Waals surface area contributed by atoms with Crippen LogP contribution in [-0.2, 0) is 22.9 Å². The van der Waals surface area contributed by atoms with Crippen LogP contribution in [0.3, 0.4) is 0 Å². The fourth-order valence-corrected chi connectivity index (χ4v) is 4.38. The van der Waals surface area contributed by atoms with E-state index in [9.17, 15) is 8.42 Å². The maximum Gasteiger partial charge on any atom is 0.235 e. The van der Waals surface area contributed by atoms with Crippen LogP contribution in [0.5, 0.6) is 0 Å². The number of hydrogen-bond acceptors (Lipinski definition) is 4. The average Bonchev–Trinajstić information content (AvgIpc) is 2.99. The summed E-state index contributed by atoms with van der Waals surface area (Å²) in [4.78, 5) is 0. The minimum Gasteiger partial charge on any atom is -0.369 e. The lowest BCUT2D eigenvalue weighted by Gasteiger charge is -2.25. The zero-order chi connectivity index (χ0) is 18.9. The molecule has 1 aromatic heterocycles. The maximum atomic E-state index is 12.3. The summed E-state index contributed by atoms with van der Waals surface area (Å²) < 4.78 is 26.0. The molecule has 7 nitrogen and oxygen atoms in total. The van der Waals surface area contributed by atoms with E-state index in [0.29, 0.717) is 25.0 Å². The second-order valence-corrected chi connectivity index (χ2v) is 8.34. The molecule has 1 aliphatic carbocycles. The molecule has 0 bridgehead atoms. The first-order valence-electron chi connectivity index (χ1n) is 8.45. The van der Waals surface area contributed by atoms with E-state index in [1.807, 2.05) is 37.3 Å². The van der Waals surface area contributed by atoms with Gasteiger partial charge in [0.2, 0.25) is 16.0 Å². The fraction of sp³-hybridized carbons (Fsp3) is 0.333. The van der Waals surface area contributed by atoms with Crippen LogP contribution in [0.25, 0.3) is 0 Å². The van der Waals surface area contributed by atoms with Gasteiger partial charge in [0, 0.05) is 17.5 Å². The standard InChI is InChI=1S/C18H23N5O2S/c1-3-12-11-23(26(2,24)25)16-10-14(13-7-5-4-6-8-13)9-15(17(12)16)21-22-18(19)20/h4-8,11,14H,3,9-10H2,1-2H3,(H4,19,20,22). The summed E-state index contributed by atoms with van der Waals surface area (Å²) >= 11 is 0. The smallest absolute Gasteiger partial charge is 0.235 e. The second kappa shape index (κ2) is 6.95. The van der Waals surface area contributed by atoms with Crippen LogP contribution < -0.4 is 11.5 Å². The molecular weight excluding hydrogens is 350 g/mol. The van der Waals surface area contributed by atoms with Crippen molar-refractivity contribution >= 4 is 21.7 Å². The van der Waals surface area contributed by atoms with E-state index < -0.39 is 10.0 Å². The molecule has 0 fully saturated rings. The fourth-order valence-electron chi connectivity index (χ4n) is 3.50. The first-order valence-corrected chi connectivity index (χ1v) is 10.3. The highest BCUT2D eigenvalue weighted by Gasteiger charge is 2.32. The molecule has 4 N–H and O–H groups in total. The third-order valence-electron chi connectivity index (χ3n) is 4.61. The van der Waals surface area contributed by atoms with Gasteiger partial charge in [-0.2, -0.15) is 5.10 Å². The molecule has 2 aromatic rings. The molecule has 1 atom stereocenters. The van der Waals surface area contributed by atoms with Crippen LogP contribution in [0, 0.1) is 0 Å². The minimum absolute atomic E-state index is 0.108. The predicted molar refractivity (Wildman–Crippen MR) is 104 cm³/mol. The normalized spacial score (nSPS) is 18.5. The van der Waals surface area contributed by atoms with Gasteiger partial charge in [-0.05, 0) is 36.3 Å². The molecule has 0 amide bonds. The highest BCUT2D eigenvalue weighted by atomic mass is 32.2. The van der Waals surface area contributed by atoms with E-state index in [4.69, 9.17) is 11.5 Å². The van der Waals surface area contributed by atoms with E-state index in [1.165, 1.54) is 10.2 Å². The number of nitrogens with zero attached hydrogens (tertiary/aromatic N) is 3. The van der Waals surface area contributed by atoms with E-state index in [2.05, 4.69) is 10.2 Å². The molecule has 1 aromatic carbocycles. The van der Waals surface area contributed by atoms with Crippen LogP contribution in [0.2, 0.25) is 0 Å². The molecule has 8 heteroatoms. The molecule has 0 saturated heterocycles. The third kappa shape index (κ3) is 3.50. The predicted octanol–water partition coefficient (Wildman–Crippen LogP) is 1.57. The van der Waals surface area contributed by atoms with Gasteiger partial charge in [-0.15, -0.1) is 5.10 Å². The van der Waals surface area contributed by atoms with Crippen LogP contribution in [0.15, 0.2) is 46.7 Å². The van der Waals surface area contributed by atoms with Crippen molar-refractivity contribution in [1.29, 1.82) is 0 Å². The third-order valence-corrected chi connectivity index (χ3v) is 5.65. The molecule has 0 spiro atoms. The van der Waals surface area contributed by atoms with Gasteiger partial charge in [0.15, 0.2) is 0 Å². The quantitative estimate of drug-likeness (QED) is 0.481. The number of aryl methyl sites for hydroxylation is 1. The van der Waals surface area contributed by atoms with Gasteiger partial charge in [-0.1, -0.05) is 37.3 Å². The number of aromatic nitrogens is 1. The van der Waals surface area contributed by atoms with E-state index in [-0.39, 0.29) is 11.9 Å². The van der Waals surface area contributed by atoms with Crippen molar-refractivity contribution in [3.63, 3.8) is 0 Å². The lowest BCUT2D eigenvalue weighted by molar-refractivity contribution is 0.587. The second-order valence-electron chi connectivity index (χ2n) is 6.48. The van der Waals surface area contributed by atoms with Gasteiger partial charge in [-0.3, -0.25) is 0 Å². The van der Waals surface area contributed by atoms with Gasteiger partial charge in [-0.25, -0.2) is 12.4 Å². The topological polar surface area (TPSA) is 116 Å². The van der Waals surface area contributed by atoms with Crippen LogP contribution in [0.1, 0.15) is 41.6 Å². The van der Waals surface area contributed by atoms with Gasteiger partial charge in [0.1, 0.15) is 0 Å². The maximum absolute atomic E-state index is 12.3. The van der Waals surface area contributed by atoms with E-state index in [1.54, 1.807) is 6.20 Å². The van der Waals surface area contributed by atoms with Gasteiger partial charge < -0.3 is 11.5 Å². The Labute approximate surface area is 153 Å². The largest absolute Gasteiger partial charge is 0.369 e. The minimum atomic E-state index is -3.42. The number of fused-ring (bicyclic) bond motifs is 1. The van der Waals surface area contributed by atoms with Crippen molar-refractivity contribution in [2.45, 2.75) is 32.1 Å². The SMILES string of the molecule is CCc1cn(S(C)(=O)=O)c2c1C(=NN=C(N)N)CC(c1ccccc1)C2. The van der Waals surface area contributed by atoms with Gasteiger partial charge in [0.05, 0.1) is 12.0 Å². The molecule has 26 heavy (non-hydrogen) atoms. The summed E-state index contributed by atoms with van der Waals surface area (Å²) in [7, 11) is -3.42. The molecule has 0 aliphatic heterocycles. The van der Waals surface area contributed by atoms with E-state index in [0.717, 1.165) is 22.4 Å². The molecular formula is C18H23N5O2S. The lowest BCUT2D eigenvalue weighted by atomic mass is 9.81. The van der Waals surface area contributed by atoms with Gasteiger partial charge >= 0.3 is 0 Å². The average molecular weight is 373 g/mol. The summed E-state index contributed by atoms with van der Waals surface area (Å²) in [6.07, 6.45) is 4.87. The van der Waals surface area contributed by atoms with Crippen molar-refractivity contribution in [2.24, 2.45) is 21.7 Å². The molecule has 0 saturated carbocycles. The van der Waals surface area contributed by atoms with Crippen LogP contribution in [0.4, 0.5) is 0 Å². The molecule has 1 unspecified atom stereocenters. The monoisotopic (exact) mass is 373 g/mol. The Morgan fingerprint density at radius 1 is 1.23 bits per heavy atom. The molecule has 3 rings (SSSR count). The number of nitrogens with two attached hydrogens (primary N) is 2. The zero-order valence-electron chi connectivity index (χ0n) is 14.9. The summed E-state index contributed by atoms with van der Waals surface area (Å²) in [6.45, 7) is 1.99. The summed E-state index contributed by atoms with van der Waals surface area (Å²) in [6, 6.07) is 10.0. The van der Waals surface area contributed by atoms with E-state index >= 15 is 0 Å². The van der Waals surface area contributed by atoms with Gasteiger partial charge in [0.25, 0.3) is 0 Å². The van der Waals surface area contributed by atoms with Crippen molar-refractivity contribution in [3.05, 3.63) is 58.9 Å². The molecule has 1 aliphatic rings. The summed E-state index contributed by atoms with van der Waals surface area (Å²) in [5.41, 5.74) is 15.3. The first-order chi connectivity index (χ1) is 12.3. The number of hydrogen-bond donors (Lipinski definition) is 2. The Balaban J connectivity index is 2.21. The highest BCUT2D eigenvalue weighted by Crippen LogP contribution is 2.36. The summed E-state index contributed by atoms with van der Waals surface area (Å²) in [5, 5.41) is 8.07. The Hall–Kier alpha value is -2.61. The lowest BCUT2D eigenvalue weighted by Crippen LogP contribution is -2.25. The Morgan fingerprint density at radius 3 is 2.50 bits per heavy atom. The summed E-state index contributed by atoms with van der Waals surface area (Å²) in [5.74, 6) is -0.0155. The van der Waals surface area contributed by atoms with Crippen molar-refractivity contribution in [1.82, 2.24) is 3.97 Å². The number of benzene rings is 1. The molecule has 1 heterocycles.